The van der Waals surface area contributed by atoms with Gasteiger partial charge in [-0.15, -0.1) is 0 Å². The smallest absolute Gasteiger partial charge is 0.261 e. The summed E-state index contributed by atoms with van der Waals surface area (Å²) >= 11 is 6.11. The summed E-state index contributed by atoms with van der Waals surface area (Å²) in [6.45, 7) is 7.64. The van der Waals surface area contributed by atoms with Gasteiger partial charge in [0.2, 0.25) is 5.91 Å². The van der Waals surface area contributed by atoms with E-state index >= 15 is 0 Å². The molecule has 1 aromatic carbocycles. The third-order valence-corrected chi connectivity index (χ3v) is 5.45. The summed E-state index contributed by atoms with van der Waals surface area (Å²) < 4.78 is 1.55. The highest BCUT2D eigenvalue weighted by Gasteiger charge is 2.25. The van der Waals surface area contributed by atoms with Crippen molar-refractivity contribution in [2.24, 2.45) is 13.0 Å². The number of unbranched alkanes of at least 4 members (excludes halogenated alkanes) is 3. The van der Waals surface area contributed by atoms with E-state index in [1.807, 2.05) is 25.7 Å². The number of rotatable bonds is 10. The lowest BCUT2D eigenvalue weighted by atomic mass is 10.1. The molecule has 0 fully saturated rings. The first kappa shape index (κ1) is 23.4. The molecule has 0 bridgehead atoms. The summed E-state index contributed by atoms with van der Waals surface area (Å²) in [7, 11) is 1.72. The molecule has 6 nitrogen and oxygen atoms in total. The Morgan fingerprint density at radius 3 is 2.55 bits per heavy atom. The molecule has 3 N–H and O–H groups in total. The van der Waals surface area contributed by atoms with Crippen molar-refractivity contribution in [3.05, 3.63) is 39.4 Å². The third kappa shape index (κ3) is 6.03. The molecule has 0 unspecified atom stereocenters. The van der Waals surface area contributed by atoms with Crippen molar-refractivity contribution in [1.82, 2.24) is 14.5 Å². The van der Waals surface area contributed by atoms with Gasteiger partial charge in [-0.05, 0) is 50.3 Å². The van der Waals surface area contributed by atoms with Crippen LogP contribution in [0.5, 0.6) is 0 Å². The van der Waals surface area contributed by atoms with Crippen LogP contribution in [0, 0.1) is 5.92 Å². The fourth-order valence-electron chi connectivity index (χ4n) is 3.59. The van der Waals surface area contributed by atoms with Crippen molar-refractivity contribution in [2.75, 3.05) is 13.1 Å². The normalized spacial score (nSPS) is 12.5. The van der Waals surface area contributed by atoms with Gasteiger partial charge in [0, 0.05) is 25.0 Å². The molecule has 2 rings (SSSR count). The highest BCUT2D eigenvalue weighted by Crippen LogP contribution is 2.23. The van der Waals surface area contributed by atoms with Crippen LogP contribution < -0.4 is 11.3 Å². The standard InChI is InChI=1S/C22H33ClN4O2/c1-15(2)13-20(28)27(12-8-6-5-7-11-24)16(3)21-25-19-14-17(23)9-10-18(19)22(29)26(21)4/h9-10,14-16H,5-8,11-13,24H2,1-4H3/p+1/t16-/m1/s1. The molecule has 160 valence electrons. The highest BCUT2D eigenvalue weighted by molar-refractivity contribution is 6.31. The number of halogens is 1. The zero-order valence-electron chi connectivity index (χ0n) is 18.1. The monoisotopic (exact) mass is 421 g/mol. The number of carbonyl (C=O) groups is 1. The average Bonchev–Trinajstić information content (AvgIpc) is 2.66. The predicted molar refractivity (Wildman–Crippen MR) is 118 cm³/mol. The van der Waals surface area contributed by atoms with Gasteiger partial charge in [-0.2, -0.15) is 0 Å². The number of benzene rings is 1. The van der Waals surface area contributed by atoms with Gasteiger partial charge in [-0.3, -0.25) is 14.2 Å². The Balaban J connectivity index is 2.35. The average molecular weight is 422 g/mol. The number of fused-ring (bicyclic) bond motifs is 1. The van der Waals surface area contributed by atoms with Gasteiger partial charge >= 0.3 is 0 Å². The molecule has 0 aliphatic heterocycles. The molecular weight excluding hydrogens is 388 g/mol. The minimum Gasteiger partial charge on any atom is -0.358 e. The van der Waals surface area contributed by atoms with Gasteiger partial charge in [0.1, 0.15) is 5.82 Å². The summed E-state index contributed by atoms with van der Waals surface area (Å²) in [4.78, 5) is 32.4. The van der Waals surface area contributed by atoms with Crippen molar-refractivity contribution in [3.8, 4) is 0 Å². The van der Waals surface area contributed by atoms with Crippen LogP contribution in [0.2, 0.25) is 5.02 Å². The van der Waals surface area contributed by atoms with E-state index in [0.29, 0.717) is 34.7 Å². The number of nitrogens with zero attached hydrogens (tertiary/aromatic N) is 3. The molecule has 0 spiro atoms. The molecule has 1 aromatic heterocycles. The largest absolute Gasteiger partial charge is 0.358 e. The van der Waals surface area contributed by atoms with E-state index in [0.717, 1.165) is 32.2 Å². The summed E-state index contributed by atoms with van der Waals surface area (Å²) in [5, 5.41) is 1.07. The predicted octanol–water partition coefficient (Wildman–Crippen LogP) is 3.32. The maximum Gasteiger partial charge on any atom is 0.261 e. The summed E-state index contributed by atoms with van der Waals surface area (Å²) in [5.41, 5.74) is 4.32. The number of aromatic nitrogens is 2. The summed E-state index contributed by atoms with van der Waals surface area (Å²) in [5.74, 6) is 0.959. The summed E-state index contributed by atoms with van der Waals surface area (Å²) in [6, 6.07) is 4.80. The van der Waals surface area contributed by atoms with E-state index in [4.69, 9.17) is 16.6 Å². The second-order valence-electron chi connectivity index (χ2n) is 8.12. The molecule has 1 amide bonds. The Hall–Kier alpha value is -1.92. The molecular formula is C22H34ClN4O2+. The second-order valence-corrected chi connectivity index (χ2v) is 8.56. The van der Waals surface area contributed by atoms with Crippen LogP contribution in [0.15, 0.2) is 23.0 Å². The molecule has 0 saturated heterocycles. The fourth-order valence-corrected chi connectivity index (χ4v) is 3.75. The zero-order valence-corrected chi connectivity index (χ0v) is 18.8. The van der Waals surface area contributed by atoms with Crippen molar-refractivity contribution in [2.45, 2.75) is 58.9 Å². The maximum atomic E-state index is 13.0. The van der Waals surface area contributed by atoms with Gasteiger partial charge in [0.05, 0.1) is 23.5 Å². The first-order valence-corrected chi connectivity index (χ1v) is 10.9. The van der Waals surface area contributed by atoms with Gasteiger partial charge in [-0.1, -0.05) is 31.9 Å². The van der Waals surface area contributed by atoms with Crippen molar-refractivity contribution < 1.29 is 10.5 Å². The Bertz CT molecular complexity index is 894. The first-order chi connectivity index (χ1) is 13.8. The van der Waals surface area contributed by atoms with Gasteiger partial charge in [0.15, 0.2) is 0 Å². The Morgan fingerprint density at radius 2 is 1.90 bits per heavy atom. The molecule has 1 atom stereocenters. The van der Waals surface area contributed by atoms with Crippen molar-refractivity contribution >= 4 is 28.4 Å². The fraction of sp³-hybridized carbons (Fsp3) is 0.591. The van der Waals surface area contributed by atoms with Crippen LogP contribution in [0.25, 0.3) is 10.9 Å². The number of hydrogen-bond donors (Lipinski definition) is 1. The second kappa shape index (κ2) is 10.7. The molecule has 0 aliphatic rings. The van der Waals surface area contributed by atoms with E-state index in [9.17, 15) is 9.59 Å². The molecule has 7 heteroatoms. The molecule has 0 aliphatic carbocycles. The van der Waals surface area contributed by atoms with Crippen LogP contribution >= 0.6 is 11.6 Å². The van der Waals surface area contributed by atoms with Gasteiger partial charge < -0.3 is 10.6 Å². The van der Waals surface area contributed by atoms with E-state index in [-0.39, 0.29) is 23.4 Å². The summed E-state index contributed by atoms with van der Waals surface area (Å²) in [6.07, 6.45) is 4.71. The SMILES string of the molecule is CC(C)CC(=O)N(CCCCCC[NH3+])[C@H](C)c1nc2cc(Cl)ccc2c(=O)n1C. The lowest BCUT2D eigenvalue weighted by Gasteiger charge is -2.30. The minimum atomic E-state index is -0.296. The Morgan fingerprint density at radius 1 is 1.21 bits per heavy atom. The van der Waals surface area contributed by atoms with E-state index in [2.05, 4.69) is 5.73 Å². The van der Waals surface area contributed by atoms with E-state index < -0.39 is 0 Å². The quantitative estimate of drug-likeness (QED) is 0.597. The molecule has 0 saturated carbocycles. The molecule has 2 aromatic rings. The van der Waals surface area contributed by atoms with Crippen molar-refractivity contribution in [1.29, 1.82) is 0 Å². The van der Waals surface area contributed by atoms with Crippen LogP contribution in [-0.2, 0) is 11.8 Å². The third-order valence-electron chi connectivity index (χ3n) is 5.22. The highest BCUT2D eigenvalue weighted by atomic mass is 35.5. The topological polar surface area (TPSA) is 82.8 Å². The van der Waals surface area contributed by atoms with E-state index in [1.165, 1.54) is 0 Å². The number of hydrogen-bond acceptors (Lipinski definition) is 3. The number of carbonyl (C=O) groups excluding carboxylic acids is 1. The zero-order chi connectivity index (χ0) is 21.6. The van der Waals surface area contributed by atoms with Crippen LogP contribution in [-0.4, -0.2) is 33.4 Å². The molecule has 29 heavy (non-hydrogen) atoms. The van der Waals surface area contributed by atoms with E-state index in [1.54, 1.807) is 29.8 Å². The molecule has 0 radical (unpaired) electrons. The Kier molecular flexibility index (Phi) is 8.65. The van der Waals surface area contributed by atoms with Crippen LogP contribution in [0.3, 0.4) is 0 Å². The van der Waals surface area contributed by atoms with Crippen LogP contribution in [0.1, 0.15) is 64.7 Å². The maximum absolute atomic E-state index is 13.0. The van der Waals surface area contributed by atoms with Gasteiger partial charge in [-0.25, -0.2) is 4.98 Å². The minimum absolute atomic E-state index is 0.102. The van der Waals surface area contributed by atoms with Crippen molar-refractivity contribution in [3.63, 3.8) is 0 Å². The van der Waals surface area contributed by atoms with Gasteiger partial charge in [0.25, 0.3) is 5.56 Å². The van der Waals surface area contributed by atoms with Crippen LogP contribution in [0.4, 0.5) is 0 Å². The lowest BCUT2D eigenvalue weighted by Crippen LogP contribution is -2.50. The molecule has 1 heterocycles. The lowest BCUT2D eigenvalue weighted by molar-refractivity contribution is -0.368. The first-order valence-electron chi connectivity index (χ1n) is 10.5. The Labute approximate surface area is 178 Å². The number of amides is 1. The number of quaternary nitrogens is 1.